The smallest absolute Gasteiger partial charge is 0.308 e. The monoisotopic (exact) mass is 291 g/mol. The Labute approximate surface area is 124 Å². The second kappa shape index (κ2) is 7.78. The molecule has 0 saturated heterocycles. The highest BCUT2D eigenvalue weighted by molar-refractivity contribution is 5.79. The number of carboxylic acid groups (broad SMARTS) is 1. The summed E-state index contributed by atoms with van der Waals surface area (Å²) in [6, 6.07) is 9.34. The number of hydrogen-bond acceptors (Lipinski definition) is 3. The zero-order valence-corrected chi connectivity index (χ0v) is 12.0. The topological polar surface area (TPSA) is 75.6 Å². The molecule has 114 valence electrons. The molecule has 1 aliphatic rings. The van der Waals surface area contributed by atoms with E-state index in [9.17, 15) is 9.59 Å². The Morgan fingerprint density at radius 2 is 1.90 bits per heavy atom. The van der Waals surface area contributed by atoms with Crippen molar-refractivity contribution in [3.63, 3.8) is 0 Å². The van der Waals surface area contributed by atoms with E-state index in [1.807, 2.05) is 30.3 Å². The number of benzene rings is 1. The van der Waals surface area contributed by atoms with E-state index in [4.69, 9.17) is 9.84 Å². The van der Waals surface area contributed by atoms with E-state index < -0.39 is 11.9 Å². The van der Waals surface area contributed by atoms with E-state index in [0.29, 0.717) is 13.0 Å². The molecule has 1 aromatic carbocycles. The van der Waals surface area contributed by atoms with E-state index in [0.717, 1.165) is 24.8 Å². The lowest BCUT2D eigenvalue weighted by Crippen LogP contribution is -2.46. The number of nitrogens with one attached hydrogen (secondary N) is 1. The Morgan fingerprint density at radius 1 is 1.19 bits per heavy atom. The lowest BCUT2D eigenvalue weighted by Gasteiger charge is -2.29. The Hall–Kier alpha value is -1.88. The summed E-state index contributed by atoms with van der Waals surface area (Å²) in [5, 5.41) is 12.0. The molecule has 0 aliphatic heterocycles. The molecular weight excluding hydrogens is 270 g/mol. The number of carboxylic acids is 1. The van der Waals surface area contributed by atoms with Crippen molar-refractivity contribution in [2.24, 2.45) is 5.92 Å². The Bertz CT molecular complexity index is 474. The third kappa shape index (κ3) is 4.86. The van der Waals surface area contributed by atoms with Gasteiger partial charge in [0.25, 0.3) is 0 Å². The molecule has 2 rings (SSSR count). The lowest BCUT2D eigenvalue weighted by atomic mass is 9.84. The van der Waals surface area contributed by atoms with Crippen molar-refractivity contribution in [1.29, 1.82) is 0 Å². The second-order valence-electron chi connectivity index (χ2n) is 5.38. The number of amides is 1. The maximum atomic E-state index is 11.8. The maximum Gasteiger partial charge on any atom is 0.308 e. The molecule has 5 heteroatoms. The molecule has 0 aromatic heterocycles. The summed E-state index contributed by atoms with van der Waals surface area (Å²) in [6.45, 7) is 0.332. The summed E-state index contributed by atoms with van der Waals surface area (Å²) in [6.07, 6.45) is 3.22. The number of carbonyl (C=O) groups is 2. The average molecular weight is 291 g/mol. The number of aliphatic carboxylic acids is 1. The van der Waals surface area contributed by atoms with Gasteiger partial charge in [-0.2, -0.15) is 0 Å². The van der Waals surface area contributed by atoms with Crippen molar-refractivity contribution in [2.75, 3.05) is 6.61 Å². The summed E-state index contributed by atoms with van der Waals surface area (Å²) in [5.41, 5.74) is 1.01. The first-order chi connectivity index (χ1) is 10.2. The standard InChI is InChI=1S/C16H21NO4/c18-15(11-21-10-12-6-2-1-3-7-12)17-14-9-5-4-8-13(14)16(19)20/h1-3,6-7,13-14H,4-5,8-11H2,(H,17,18)(H,19,20)/t13-,14+/m0/s1. The first-order valence-corrected chi connectivity index (χ1v) is 7.30. The summed E-state index contributed by atoms with van der Waals surface area (Å²) >= 11 is 0. The first-order valence-electron chi connectivity index (χ1n) is 7.30. The zero-order valence-electron chi connectivity index (χ0n) is 12.0. The highest BCUT2D eigenvalue weighted by Crippen LogP contribution is 2.24. The Morgan fingerprint density at radius 3 is 2.62 bits per heavy atom. The second-order valence-corrected chi connectivity index (χ2v) is 5.38. The molecule has 0 radical (unpaired) electrons. The zero-order chi connectivity index (χ0) is 15.1. The highest BCUT2D eigenvalue weighted by Gasteiger charge is 2.31. The molecule has 0 spiro atoms. The maximum absolute atomic E-state index is 11.8. The molecule has 5 nitrogen and oxygen atoms in total. The quantitative estimate of drug-likeness (QED) is 0.840. The minimum Gasteiger partial charge on any atom is -0.481 e. The van der Waals surface area contributed by atoms with Crippen LogP contribution in [0.2, 0.25) is 0 Å². The van der Waals surface area contributed by atoms with Gasteiger partial charge in [-0.05, 0) is 18.4 Å². The van der Waals surface area contributed by atoms with Gasteiger partial charge in [-0.3, -0.25) is 9.59 Å². The third-order valence-electron chi connectivity index (χ3n) is 3.77. The van der Waals surface area contributed by atoms with Crippen LogP contribution in [0.25, 0.3) is 0 Å². The van der Waals surface area contributed by atoms with Gasteiger partial charge < -0.3 is 15.2 Å². The highest BCUT2D eigenvalue weighted by atomic mass is 16.5. The van der Waals surface area contributed by atoms with E-state index in [1.54, 1.807) is 0 Å². The molecule has 0 bridgehead atoms. The average Bonchev–Trinajstić information content (AvgIpc) is 2.48. The fraction of sp³-hybridized carbons (Fsp3) is 0.500. The van der Waals surface area contributed by atoms with Crippen molar-refractivity contribution in [2.45, 2.75) is 38.3 Å². The van der Waals surface area contributed by atoms with Crippen LogP contribution >= 0.6 is 0 Å². The molecule has 21 heavy (non-hydrogen) atoms. The van der Waals surface area contributed by atoms with Crippen molar-refractivity contribution >= 4 is 11.9 Å². The number of rotatable bonds is 6. The van der Waals surface area contributed by atoms with E-state index in [-0.39, 0.29) is 18.6 Å². The van der Waals surface area contributed by atoms with Gasteiger partial charge in [-0.1, -0.05) is 43.2 Å². The van der Waals surface area contributed by atoms with Crippen LogP contribution in [0.5, 0.6) is 0 Å². The van der Waals surface area contributed by atoms with Crippen molar-refractivity contribution in [1.82, 2.24) is 5.32 Å². The molecule has 1 fully saturated rings. The molecule has 0 unspecified atom stereocenters. The van der Waals surface area contributed by atoms with E-state index in [1.165, 1.54) is 0 Å². The predicted octanol–water partition coefficient (Wildman–Crippen LogP) is 1.96. The fourth-order valence-corrected chi connectivity index (χ4v) is 2.68. The number of ether oxygens (including phenoxy) is 1. The van der Waals surface area contributed by atoms with Crippen LogP contribution in [0.4, 0.5) is 0 Å². The molecule has 0 heterocycles. The van der Waals surface area contributed by atoms with Gasteiger partial charge in [0.15, 0.2) is 0 Å². The van der Waals surface area contributed by atoms with Gasteiger partial charge in [0.2, 0.25) is 5.91 Å². The molecule has 1 amide bonds. The van der Waals surface area contributed by atoms with Gasteiger partial charge >= 0.3 is 5.97 Å². The van der Waals surface area contributed by atoms with Crippen molar-refractivity contribution < 1.29 is 19.4 Å². The molecule has 1 saturated carbocycles. The van der Waals surface area contributed by atoms with Crippen LogP contribution < -0.4 is 5.32 Å². The summed E-state index contributed by atoms with van der Waals surface area (Å²) < 4.78 is 5.36. The largest absolute Gasteiger partial charge is 0.481 e. The van der Waals surface area contributed by atoms with Crippen LogP contribution in [0.15, 0.2) is 30.3 Å². The molecular formula is C16H21NO4. The van der Waals surface area contributed by atoms with Crippen molar-refractivity contribution in [3.8, 4) is 0 Å². The van der Waals surface area contributed by atoms with Gasteiger partial charge in [-0.15, -0.1) is 0 Å². The SMILES string of the molecule is O=C(COCc1ccccc1)N[C@@H]1CCCC[C@@H]1C(=O)O. The normalized spacial score (nSPS) is 21.7. The van der Waals surface area contributed by atoms with Crippen LogP contribution in [-0.4, -0.2) is 29.6 Å². The molecule has 2 atom stereocenters. The summed E-state index contributed by atoms with van der Waals surface area (Å²) in [4.78, 5) is 23.0. The molecule has 1 aliphatic carbocycles. The summed E-state index contributed by atoms with van der Waals surface area (Å²) in [5.74, 6) is -1.55. The van der Waals surface area contributed by atoms with E-state index >= 15 is 0 Å². The minimum absolute atomic E-state index is 0.0439. The lowest BCUT2D eigenvalue weighted by molar-refractivity contribution is -0.144. The molecule has 1 aromatic rings. The van der Waals surface area contributed by atoms with Gasteiger partial charge in [0.1, 0.15) is 6.61 Å². The van der Waals surface area contributed by atoms with Crippen LogP contribution in [0, 0.1) is 5.92 Å². The van der Waals surface area contributed by atoms with Gasteiger partial charge in [0, 0.05) is 6.04 Å². The van der Waals surface area contributed by atoms with Crippen LogP contribution in [0.3, 0.4) is 0 Å². The Kier molecular flexibility index (Phi) is 5.75. The molecule has 2 N–H and O–H groups in total. The number of hydrogen-bond donors (Lipinski definition) is 2. The van der Waals surface area contributed by atoms with Crippen LogP contribution in [0.1, 0.15) is 31.2 Å². The van der Waals surface area contributed by atoms with Crippen LogP contribution in [-0.2, 0) is 20.9 Å². The number of carbonyl (C=O) groups excluding carboxylic acids is 1. The van der Waals surface area contributed by atoms with Crippen molar-refractivity contribution in [3.05, 3.63) is 35.9 Å². The third-order valence-corrected chi connectivity index (χ3v) is 3.77. The first kappa shape index (κ1) is 15.5. The fourth-order valence-electron chi connectivity index (χ4n) is 2.68. The van der Waals surface area contributed by atoms with Gasteiger partial charge in [-0.25, -0.2) is 0 Å². The van der Waals surface area contributed by atoms with Gasteiger partial charge in [0.05, 0.1) is 12.5 Å². The summed E-state index contributed by atoms with van der Waals surface area (Å²) in [7, 11) is 0. The van der Waals surface area contributed by atoms with E-state index in [2.05, 4.69) is 5.32 Å². The minimum atomic E-state index is -0.829. The Balaban J connectivity index is 1.74. The predicted molar refractivity (Wildman–Crippen MR) is 77.6 cm³/mol.